The Labute approximate surface area is 67.6 Å². The maximum Gasteiger partial charge on any atom is 0.306 e. The van der Waals surface area contributed by atoms with E-state index in [9.17, 15) is 4.79 Å². The minimum atomic E-state index is -0.595. The van der Waals surface area contributed by atoms with E-state index < -0.39 is 5.97 Å². The highest BCUT2D eigenvalue weighted by molar-refractivity contribution is 5.73. The first-order valence-corrected chi connectivity index (χ1v) is 4.43. The Hall–Kier alpha value is -0.530. The fourth-order valence-electron chi connectivity index (χ4n) is 1.91. The average Bonchev–Trinajstić information content (AvgIpc) is 2.70. The standard InChI is InChI=1S/C9H16O2/c1-3-6(4-2)7-5-8(7)9(10)11/h6-8H,3-5H2,1-2H3,(H,10,11). The summed E-state index contributed by atoms with van der Waals surface area (Å²) in [7, 11) is 0. The van der Waals surface area contributed by atoms with E-state index >= 15 is 0 Å². The molecule has 2 nitrogen and oxygen atoms in total. The second-order valence-electron chi connectivity index (χ2n) is 3.42. The molecule has 1 aliphatic rings. The van der Waals surface area contributed by atoms with Crippen molar-refractivity contribution in [3.8, 4) is 0 Å². The number of carboxylic acid groups (broad SMARTS) is 1. The zero-order valence-corrected chi connectivity index (χ0v) is 7.21. The molecule has 0 bridgehead atoms. The molecule has 0 aromatic heterocycles. The molecule has 0 radical (unpaired) electrons. The molecular weight excluding hydrogens is 140 g/mol. The summed E-state index contributed by atoms with van der Waals surface area (Å²) in [6.07, 6.45) is 3.18. The molecule has 0 amide bonds. The van der Waals surface area contributed by atoms with Crippen LogP contribution in [-0.4, -0.2) is 11.1 Å². The van der Waals surface area contributed by atoms with Crippen molar-refractivity contribution in [3.63, 3.8) is 0 Å². The van der Waals surface area contributed by atoms with Gasteiger partial charge in [-0.2, -0.15) is 0 Å². The monoisotopic (exact) mass is 156 g/mol. The summed E-state index contributed by atoms with van der Waals surface area (Å²) < 4.78 is 0. The average molecular weight is 156 g/mol. The van der Waals surface area contributed by atoms with Crippen molar-refractivity contribution in [1.29, 1.82) is 0 Å². The molecule has 0 saturated heterocycles. The Morgan fingerprint density at radius 2 is 2.09 bits per heavy atom. The van der Waals surface area contributed by atoms with Crippen molar-refractivity contribution in [1.82, 2.24) is 0 Å². The molecule has 2 unspecified atom stereocenters. The van der Waals surface area contributed by atoms with Gasteiger partial charge in [0.05, 0.1) is 5.92 Å². The van der Waals surface area contributed by atoms with E-state index in [4.69, 9.17) is 5.11 Å². The first-order chi connectivity index (χ1) is 5.20. The van der Waals surface area contributed by atoms with Crippen LogP contribution in [0.4, 0.5) is 0 Å². The molecule has 1 N–H and O–H groups in total. The van der Waals surface area contributed by atoms with E-state index in [0.29, 0.717) is 11.8 Å². The van der Waals surface area contributed by atoms with Crippen molar-refractivity contribution in [2.45, 2.75) is 33.1 Å². The third-order valence-electron chi connectivity index (χ3n) is 2.81. The molecule has 0 heterocycles. The van der Waals surface area contributed by atoms with E-state index in [1.807, 2.05) is 0 Å². The normalized spacial score (nSPS) is 29.0. The van der Waals surface area contributed by atoms with Crippen molar-refractivity contribution in [2.75, 3.05) is 0 Å². The second-order valence-corrected chi connectivity index (χ2v) is 3.42. The fraction of sp³-hybridized carbons (Fsp3) is 0.889. The lowest BCUT2D eigenvalue weighted by Crippen LogP contribution is -2.06. The predicted octanol–water partition coefficient (Wildman–Crippen LogP) is 2.14. The molecule has 0 aromatic carbocycles. The summed E-state index contributed by atoms with van der Waals surface area (Å²) in [5.74, 6) is 0.528. The topological polar surface area (TPSA) is 37.3 Å². The van der Waals surface area contributed by atoms with E-state index in [1.165, 1.54) is 0 Å². The molecule has 64 valence electrons. The number of hydrogen-bond acceptors (Lipinski definition) is 1. The van der Waals surface area contributed by atoms with Gasteiger partial charge in [-0.05, 0) is 18.3 Å². The summed E-state index contributed by atoms with van der Waals surface area (Å²) in [5.41, 5.74) is 0. The van der Waals surface area contributed by atoms with Gasteiger partial charge in [-0.25, -0.2) is 0 Å². The SMILES string of the molecule is CCC(CC)C1CC1C(=O)O. The number of aliphatic carboxylic acids is 1. The molecule has 2 atom stereocenters. The fourth-order valence-corrected chi connectivity index (χ4v) is 1.91. The lowest BCUT2D eigenvalue weighted by molar-refractivity contribution is -0.139. The highest BCUT2D eigenvalue weighted by atomic mass is 16.4. The van der Waals surface area contributed by atoms with Crippen LogP contribution in [0.5, 0.6) is 0 Å². The quantitative estimate of drug-likeness (QED) is 0.677. The summed E-state index contributed by atoms with van der Waals surface area (Å²) >= 11 is 0. The van der Waals surface area contributed by atoms with Gasteiger partial charge in [0.15, 0.2) is 0 Å². The summed E-state index contributed by atoms with van der Waals surface area (Å²) in [4.78, 5) is 10.5. The van der Waals surface area contributed by atoms with Crippen molar-refractivity contribution in [3.05, 3.63) is 0 Å². The maximum absolute atomic E-state index is 10.5. The summed E-state index contributed by atoms with van der Waals surface area (Å²) in [6.45, 7) is 4.29. The molecule has 1 fully saturated rings. The van der Waals surface area contributed by atoms with Gasteiger partial charge >= 0.3 is 5.97 Å². The predicted molar refractivity (Wildman–Crippen MR) is 43.3 cm³/mol. The molecule has 1 aliphatic carbocycles. The van der Waals surface area contributed by atoms with Crippen LogP contribution >= 0.6 is 0 Å². The van der Waals surface area contributed by atoms with Crippen LogP contribution in [0.3, 0.4) is 0 Å². The summed E-state index contributed by atoms with van der Waals surface area (Å²) in [6, 6.07) is 0. The third kappa shape index (κ3) is 1.73. The van der Waals surface area contributed by atoms with Gasteiger partial charge in [0.25, 0.3) is 0 Å². The summed E-state index contributed by atoms with van der Waals surface area (Å²) in [5, 5.41) is 8.66. The van der Waals surface area contributed by atoms with Crippen LogP contribution in [0.2, 0.25) is 0 Å². The van der Waals surface area contributed by atoms with E-state index in [0.717, 1.165) is 19.3 Å². The van der Waals surface area contributed by atoms with E-state index in [-0.39, 0.29) is 5.92 Å². The Kier molecular flexibility index (Phi) is 2.53. The van der Waals surface area contributed by atoms with Crippen LogP contribution in [0, 0.1) is 17.8 Å². The van der Waals surface area contributed by atoms with Crippen molar-refractivity contribution >= 4 is 5.97 Å². The van der Waals surface area contributed by atoms with Gasteiger partial charge in [0.1, 0.15) is 0 Å². The number of carbonyl (C=O) groups is 1. The van der Waals surface area contributed by atoms with Crippen LogP contribution in [0.25, 0.3) is 0 Å². The number of carboxylic acids is 1. The first-order valence-electron chi connectivity index (χ1n) is 4.43. The maximum atomic E-state index is 10.5. The number of hydrogen-bond donors (Lipinski definition) is 1. The van der Waals surface area contributed by atoms with Gasteiger partial charge in [0.2, 0.25) is 0 Å². The molecule has 1 rings (SSSR count). The van der Waals surface area contributed by atoms with Gasteiger partial charge in [0, 0.05) is 0 Å². The molecule has 0 aliphatic heterocycles. The smallest absolute Gasteiger partial charge is 0.306 e. The Balaban J connectivity index is 2.35. The van der Waals surface area contributed by atoms with Crippen LogP contribution in [0.15, 0.2) is 0 Å². The van der Waals surface area contributed by atoms with E-state index in [1.54, 1.807) is 0 Å². The lowest BCUT2D eigenvalue weighted by Gasteiger charge is -2.09. The highest BCUT2D eigenvalue weighted by Crippen LogP contribution is 2.46. The largest absolute Gasteiger partial charge is 0.481 e. The Bertz CT molecular complexity index is 150. The first kappa shape index (κ1) is 8.57. The molecule has 0 aromatic rings. The van der Waals surface area contributed by atoms with E-state index in [2.05, 4.69) is 13.8 Å². The Morgan fingerprint density at radius 3 is 2.36 bits per heavy atom. The van der Waals surface area contributed by atoms with Gasteiger partial charge in [-0.15, -0.1) is 0 Å². The highest BCUT2D eigenvalue weighted by Gasteiger charge is 2.46. The van der Waals surface area contributed by atoms with Crippen LogP contribution in [-0.2, 0) is 4.79 Å². The minimum absolute atomic E-state index is 0.0140. The number of rotatable bonds is 4. The molecule has 0 spiro atoms. The minimum Gasteiger partial charge on any atom is -0.481 e. The van der Waals surface area contributed by atoms with Crippen LogP contribution < -0.4 is 0 Å². The lowest BCUT2D eigenvalue weighted by atomic mass is 9.96. The van der Waals surface area contributed by atoms with Crippen molar-refractivity contribution < 1.29 is 9.90 Å². The third-order valence-corrected chi connectivity index (χ3v) is 2.81. The molecule has 1 saturated carbocycles. The molecular formula is C9H16O2. The second kappa shape index (κ2) is 3.24. The van der Waals surface area contributed by atoms with Crippen molar-refractivity contribution in [2.24, 2.45) is 17.8 Å². The molecule has 2 heteroatoms. The van der Waals surface area contributed by atoms with Gasteiger partial charge in [-0.3, -0.25) is 4.79 Å². The van der Waals surface area contributed by atoms with Gasteiger partial charge < -0.3 is 5.11 Å². The Morgan fingerprint density at radius 1 is 1.55 bits per heavy atom. The zero-order chi connectivity index (χ0) is 8.43. The zero-order valence-electron chi connectivity index (χ0n) is 7.21. The van der Waals surface area contributed by atoms with Crippen LogP contribution in [0.1, 0.15) is 33.1 Å². The molecule has 11 heavy (non-hydrogen) atoms. The van der Waals surface area contributed by atoms with Gasteiger partial charge in [-0.1, -0.05) is 26.7 Å².